The summed E-state index contributed by atoms with van der Waals surface area (Å²) in [7, 11) is -3.78. The SMILES string of the molecule is Cc1cccc(S(=O)(=O)CC2(F)C=C(F)C=CC2)c1. The molecule has 1 unspecified atom stereocenters. The molecule has 1 aliphatic carbocycles. The molecule has 19 heavy (non-hydrogen) atoms. The molecule has 0 bridgehead atoms. The zero-order chi connectivity index (χ0) is 14.1. The maximum atomic E-state index is 14.4. The van der Waals surface area contributed by atoms with Crippen molar-refractivity contribution in [3.05, 3.63) is 53.9 Å². The minimum absolute atomic E-state index is 0.0629. The molecule has 1 aromatic rings. The van der Waals surface area contributed by atoms with Gasteiger partial charge in [0, 0.05) is 6.42 Å². The molecule has 102 valence electrons. The molecule has 0 spiro atoms. The highest BCUT2D eigenvalue weighted by Crippen LogP contribution is 2.30. The van der Waals surface area contributed by atoms with Crippen LogP contribution in [-0.4, -0.2) is 19.8 Å². The fourth-order valence-corrected chi connectivity index (χ4v) is 3.68. The highest BCUT2D eigenvalue weighted by molar-refractivity contribution is 7.91. The van der Waals surface area contributed by atoms with Gasteiger partial charge in [-0.1, -0.05) is 18.2 Å². The van der Waals surface area contributed by atoms with E-state index in [0.29, 0.717) is 0 Å². The molecule has 0 heterocycles. The predicted molar refractivity (Wildman–Crippen MR) is 70.0 cm³/mol. The van der Waals surface area contributed by atoms with Crippen LogP contribution in [0.15, 0.2) is 53.2 Å². The van der Waals surface area contributed by atoms with E-state index < -0.39 is 27.1 Å². The molecule has 0 saturated heterocycles. The molecule has 0 amide bonds. The number of hydrogen-bond donors (Lipinski definition) is 0. The first-order valence-corrected chi connectivity index (χ1v) is 7.49. The van der Waals surface area contributed by atoms with Gasteiger partial charge in [-0.05, 0) is 36.8 Å². The molecule has 2 rings (SSSR count). The number of halogens is 2. The largest absolute Gasteiger partial charge is 0.238 e. The van der Waals surface area contributed by atoms with Gasteiger partial charge in [-0.25, -0.2) is 17.2 Å². The Morgan fingerprint density at radius 1 is 1.37 bits per heavy atom. The summed E-state index contributed by atoms with van der Waals surface area (Å²) in [6, 6.07) is 6.26. The van der Waals surface area contributed by atoms with E-state index in [-0.39, 0.29) is 11.3 Å². The van der Waals surface area contributed by atoms with Gasteiger partial charge in [0.25, 0.3) is 0 Å². The van der Waals surface area contributed by atoms with Crippen LogP contribution in [-0.2, 0) is 9.84 Å². The van der Waals surface area contributed by atoms with Gasteiger partial charge in [0.05, 0.1) is 10.6 Å². The first-order chi connectivity index (χ1) is 8.81. The van der Waals surface area contributed by atoms with Crippen LogP contribution in [0.5, 0.6) is 0 Å². The maximum Gasteiger partial charge on any atom is 0.181 e. The number of hydrogen-bond acceptors (Lipinski definition) is 2. The van der Waals surface area contributed by atoms with E-state index in [2.05, 4.69) is 0 Å². The van der Waals surface area contributed by atoms with E-state index in [1.165, 1.54) is 18.2 Å². The van der Waals surface area contributed by atoms with E-state index >= 15 is 0 Å². The molecule has 0 fully saturated rings. The second-order valence-corrected chi connectivity index (χ2v) is 6.74. The number of allylic oxidation sites excluding steroid dienone is 4. The van der Waals surface area contributed by atoms with Crippen LogP contribution < -0.4 is 0 Å². The number of rotatable bonds is 3. The standard InChI is InChI=1S/C14H14F2O2S/c1-11-4-2-6-13(8-11)19(17,18)10-14(16)7-3-5-12(15)9-14/h2-6,8-9H,7,10H2,1H3. The molecule has 0 aromatic heterocycles. The Morgan fingerprint density at radius 2 is 2.11 bits per heavy atom. The molecule has 5 heteroatoms. The highest BCUT2D eigenvalue weighted by atomic mass is 32.2. The molecule has 1 aromatic carbocycles. The van der Waals surface area contributed by atoms with Crippen LogP contribution in [0.25, 0.3) is 0 Å². The minimum Gasteiger partial charge on any atom is -0.238 e. The van der Waals surface area contributed by atoms with Crippen LogP contribution >= 0.6 is 0 Å². The normalized spacial score (nSPS) is 23.2. The molecule has 0 N–H and O–H groups in total. The lowest BCUT2D eigenvalue weighted by Crippen LogP contribution is -2.31. The van der Waals surface area contributed by atoms with Crippen molar-refractivity contribution in [3.8, 4) is 0 Å². The zero-order valence-corrected chi connectivity index (χ0v) is 11.3. The summed E-state index contributed by atoms with van der Waals surface area (Å²) in [6.07, 6.45) is 3.05. The lowest BCUT2D eigenvalue weighted by molar-refractivity contribution is 0.257. The Morgan fingerprint density at radius 3 is 2.74 bits per heavy atom. The van der Waals surface area contributed by atoms with Crippen molar-refractivity contribution >= 4 is 9.84 Å². The van der Waals surface area contributed by atoms with Crippen molar-refractivity contribution in [2.75, 3.05) is 5.75 Å². The van der Waals surface area contributed by atoms with Crippen molar-refractivity contribution in [1.82, 2.24) is 0 Å². The van der Waals surface area contributed by atoms with Gasteiger partial charge in [-0.2, -0.15) is 0 Å². The number of alkyl halides is 1. The minimum atomic E-state index is -3.78. The van der Waals surface area contributed by atoms with E-state index in [4.69, 9.17) is 0 Å². The van der Waals surface area contributed by atoms with Crippen LogP contribution in [0, 0.1) is 6.92 Å². The van der Waals surface area contributed by atoms with E-state index in [0.717, 1.165) is 17.7 Å². The molecule has 1 aliphatic rings. The first kappa shape index (κ1) is 13.9. The lowest BCUT2D eigenvalue weighted by atomic mass is 9.99. The smallest absolute Gasteiger partial charge is 0.181 e. The van der Waals surface area contributed by atoms with Gasteiger partial charge in [0.15, 0.2) is 9.84 Å². The molecule has 2 nitrogen and oxygen atoms in total. The number of aryl methyl sites for hydroxylation is 1. The first-order valence-electron chi connectivity index (χ1n) is 5.84. The van der Waals surface area contributed by atoms with Crippen molar-refractivity contribution in [2.45, 2.75) is 23.9 Å². The van der Waals surface area contributed by atoms with Gasteiger partial charge in [-0.3, -0.25) is 0 Å². The van der Waals surface area contributed by atoms with Crippen LogP contribution in [0.1, 0.15) is 12.0 Å². The van der Waals surface area contributed by atoms with Crippen LogP contribution in [0.4, 0.5) is 8.78 Å². The van der Waals surface area contributed by atoms with E-state index in [1.54, 1.807) is 19.1 Å². The molecular weight excluding hydrogens is 270 g/mol. The van der Waals surface area contributed by atoms with E-state index in [9.17, 15) is 17.2 Å². The molecule has 0 aliphatic heterocycles. The molecule has 1 atom stereocenters. The topological polar surface area (TPSA) is 34.1 Å². The number of sulfone groups is 1. The summed E-state index contributed by atoms with van der Waals surface area (Å²) in [5.74, 6) is -1.49. The Balaban J connectivity index is 2.30. The summed E-state index contributed by atoms with van der Waals surface area (Å²) >= 11 is 0. The summed E-state index contributed by atoms with van der Waals surface area (Å²) < 4.78 is 51.7. The molecule has 0 radical (unpaired) electrons. The highest BCUT2D eigenvalue weighted by Gasteiger charge is 2.35. The van der Waals surface area contributed by atoms with Crippen molar-refractivity contribution < 1.29 is 17.2 Å². The fourth-order valence-electron chi connectivity index (χ4n) is 2.03. The number of benzene rings is 1. The molecule has 0 saturated carbocycles. The molecular formula is C14H14F2O2S. The fraction of sp³-hybridized carbons (Fsp3) is 0.286. The summed E-state index contributed by atoms with van der Waals surface area (Å²) in [6.45, 7) is 1.76. The van der Waals surface area contributed by atoms with Crippen molar-refractivity contribution in [3.63, 3.8) is 0 Å². The Bertz CT molecular complexity index is 647. The third-order valence-corrected chi connectivity index (χ3v) is 4.74. The van der Waals surface area contributed by atoms with Gasteiger partial charge in [-0.15, -0.1) is 0 Å². The van der Waals surface area contributed by atoms with Gasteiger partial charge < -0.3 is 0 Å². The second-order valence-electron chi connectivity index (χ2n) is 4.75. The Kier molecular flexibility index (Phi) is 3.58. The monoisotopic (exact) mass is 284 g/mol. The summed E-state index contributed by atoms with van der Waals surface area (Å²) in [5.41, 5.74) is -1.40. The van der Waals surface area contributed by atoms with Gasteiger partial charge in [0.1, 0.15) is 11.5 Å². The summed E-state index contributed by atoms with van der Waals surface area (Å²) in [5, 5.41) is 0. The average Bonchev–Trinajstić information content (AvgIpc) is 2.27. The third-order valence-electron chi connectivity index (χ3n) is 2.91. The van der Waals surface area contributed by atoms with Gasteiger partial charge >= 0.3 is 0 Å². The van der Waals surface area contributed by atoms with Crippen LogP contribution in [0.2, 0.25) is 0 Å². The maximum absolute atomic E-state index is 14.4. The van der Waals surface area contributed by atoms with Crippen LogP contribution in [0.3, 0.4) is 0 Å². The average molecular weight is 284 g/mol. The van der Waals surface area contributed by atoms with Gasteiger partial charge in [0.2, 0.25) is 0 Å². The Labute approximate surface area is 111 Å². The Hall–Kier alpha value is -1.49. The van der Waals surface area contributed by atoms with Crippen molar-refractivity contribution in [2.24, 2.45) is 0 Å². The third kappa shape index (κ3) is 3.29. The lowest BCUT2D eigenvalue weighted by Gasteiger charge is -2.22. The van der Waals surface area contributed by atoms with Crippen molar-refractivity contribution in [1.29, 1.82) is 0 Å². The zero-order valence-electron chi connectivity index (χ0n) is 10.4. The summed E-state index contributed by atoms with van der Waals surface area (Å²) in [4.78, 5) is 0.0629. The quantitative estimate of drug-likeness (QED) is 0.853. The second kappa shape index (κ2) is 4.89. The van der Waals surface area contributed by atoms with E-state index in [1.807, 2.05) is 0 Å². The predicted octanol–water partition coefficient (Wildman–Crippen LogP) is 3.29.